The maximum absolute atomic E-state index is 12.6. The van der Waals surface area contributed by atoms with E-state index in [1.54, 1.807) is 12.0 Å². The zero-order chi connectivity index (χ0) is 19.2. The van der Waals surface area contributed by atoms with E-state index in [9.17, 15) is 9.59 Å². The molecule has 0 saturated carbocycles. The van der Waals surface area contributed by atoms with E-state index in [1.807, 2.05) is 54.6 Å². The van der Waals surface area contributed by atoms with Gasteiger partial charge in [-0.2, -0.15) is 0 Å². The molecule has 0 radical (unpaired) electrons. The summed E-state index contributed by atoms with van der Waals surface area (Å²) in [7, 11) is 1.63. The molecular formula is C20H21N3O3S. The molecule has 7 heteroatoms. The number of nitrogens with zero attached hydrogens (tertiary/aromatic N) is 2. The molecule has 140 valence electrons. The average Bonchev–Trinajstić information content (AvgIpc) is 2.68. The summed E-state index contributed by atoms with van der Waals surface area (Å²) >= 11 is 1.25. The number of benzene rings is 2. The van der Waals surface area contributed by atoms with Gasteiger partial charge in [0, 0.05) is 13.0 Å². The number of hydrogen-bond acceptors (Lipinski definition) is 5. The lowest BCUT2D eigenvalue weighted by Crippen LogP contribution is -2.46. The first-order valence-corrected chi connectivity index (χ1v) is 9.48. The van der Waals surface area contributed by atoms with Gasteiger partial charge >= 0.3 is 0 Å². The van der Waals surface area contributed by atoms with E-state index < -0.39 is 11.2 Å². The quantitative estimate of drug-likeness (QED) is 0.831. The zero-order valence-corrected chi connectivity index (χ0v) is 15.8. The Labute approximate surface area is 162 Å². The van der Waals surface area contributed by atoms with E-state index in [-0.39, 0.29) is 12.3 Å². The molecule has 0 unspecified atom stereocenters. The van der Waals surface area contributed by atoms with Crippen molar-refractivity contribution in [2.75, 3.05) is 13.7 Å². The number of thioether (sulfide) groups is 1. The number of aliphatic imine (C=N–C) groups is 1. The van der Waals surface area contributed by atoms with E-state index >= 15 is 0 Å². The minimum Gasteiger partial charge on any atom is -0.497 e. The molecule has 1 fully saturated rings. The molecule has 2 aromatic carbocycles. The van der Waals surface area contributed by atoms with Crippen LogP contribution in [0.15, 0.2) is 59.6 Å². The van der Waals surface area contributed by atoms with Gasteiger partial charge in [-0.05, 0) is 36.2 Å². The molecular weight excluding hydrogens is 362 g/mol. The Bertz CT molecular complexity index is 837. The Morgan fingerprint density at radius 3 is 2.56 bits per heavy atom. The number of amides is 2. The standard InChI is InChI=1S/C20H21N3O3S/c1-26-16-9-7-14(8-10-16)11-12-23-18(24)13-17(19(21)25)27-20(23)22-15-5-3-2-4-6-15/h2-10,17H,11-13H2,1H3,(H2,21,25)/t17-/m0/s1. The van der Waals surface area contributed by atoms with Gasteiger partial charge in [-0.1, -0.05) is 42.1 Å². The number of ether oxygens (including phenoxy) is 1. The maximum Gasteiger partial charge on any atom is 0.231 e. The molecule has 0 aliphatic carbocycles. The van der Waals surface area contributed by atoms with Crippen LogP contribution in [0.5, 0.6) is 5.75 Å². The van der Waals surface area contributed by atoms with Crippen LogP contribution < -0.4 is 10.5 Å². The minimum absolute atomic E-state index is 0.0937. The average molecular weight is 383 g/mol. The molecule has 1 saturated heterocycles. The van der Waals surface area contributed by atoms with Crippen LogP contribution in [0.4, 0.5) is 5.69 Å². The van der Waals surface area contributed by atoms with Gasteiger partial charge in [-0.3, -0.25) is 14.5 Å². The lowest BCUT2D eigenvalue weighted by atomic mass is 10.1. The third-order valence-corrected chi connectivity index (χ3v) is 5.43. The first-order chi connectivity index (χ1) is 13.1. The summed E-state index contributed by atoms with van der Waals surface area (Å²) in [4.78, 5) is 30.5. The molecule has 1 aliphatic rings. The van der Waals surface area contributed by atoms with Crippen molar-refractivity contribution < 1.29 is 14.3 Å². The van der Waals surface area contributed by atoms with Crippen molar-refractivity contribution in [3.05, 3.63) is 60.2 Å². The molecule has 2 amide bonds. The summed E-state index contributed by atoms with van der Waals surface area (Å²) in [5, 5.41) is -0.0769. The topological polar surface area (TPSA) is 85.0 Å². The van der Waals surface area contributed by atoms with Gasteiger partial charge in [0.2, 0.25) is 11.8 Å². The number of hydrogen-bond donors (Lipinski definition) is 1. The fourth-order valence-corrected chi connectivity index (χ4v) is 3.79. The summed E-state index contributed by atoms with van der Waals surface area (Å²) in [6, 6.07) is 17.1. The first kappa shape index (κ1) is 19.0. The van der Waals surface area contributed by atoms with Gasteiger partial charge in [0.15, 0.2) is 5.17 Å². The van der Waals surface area contributed by atoms with Crippen LogP contribution >= 0.6 is 11.8 Å². The highest BCUT2D eigenvalue weighted by Crippen LogP contribution is 2.29. The van der Waals surface area contributed by atoms with E-state index in [0.29, 0.717) is 18.1 Å². The highest BCUT2D eigenvalue weighted by Gasteiger charge is 2.34. The number of nitrogens with two attached hydrogens (primary N) is 1. The van der Waals surface area contributed by atoms with E-state index in [4.69, 9.17) is 10.5 Å². The molecule has 6 nitrogen and oxygen atoms in total. The molecule has 0 aromatic heterocycles. The Morgan fingerprint density at radius 1 is 1.22 bits per heavy atom. The number of amidine groups is 1. The molecule has 27 heavy (non-hydrogen) atoms. The van der Waals surface area contributed by atoms with Gasteiger partial charge in [-0.15, -0.1) is 0 Å². The Morgan fingerprint density at radius 2 is 1.93 bits per heavy atom. The van der Waals surface area contributed by atoms with Crippen LogP contribution in [0.2, 0.25) is 0 Å². The van der Waals surface area contributed by atoms with Gasteiger partial charge in [0.05, 0.1) is 18.0 Å². The van der Waals surface area contributed by atoms with Gasteiger partial charge < -0.3 is 10.5 Å². The molecule has 3 rings (SSSR count). The number of rotatable bonds is 6. The van der Waals surface area contributed by atoms with Crippen molar-refractivity contribution in [2.24, 2.45) is 10.7 Å². The lowest BCUT2D eigenvalue weighted by molar-refractivity contribution is -0.129. The number of primary amides is 1. The van der Waals surface area contributed by atoms with Crippen LogP contribution in [-0.2, 0) is 16.0 Å². The maximum atomic E-state index is 12.6. The monoisotopic (exact) mass is 383 g/mol. The molecule has 1 atom stereocenters. The molecule has 2 N–H and O–H groups in total. The highest BCUT2D eigenvalue weighted by atomic mass is 32.2. The Hall–Kier alpha value is -2.80. The van der Waals surface area contributed by atoms with Crippen molar-refractivity contribution in [3.8, 4) is 5.75 Å². The highest BCUT2D eigenvalue weighted by molar-refractivity contribution is 8.15. The van der Waals surface area contributed by atoms with Gasteiger partial charge in [-0.25, -0.2) is 4.99 Å². The second kappa shape index (κ2) is 8.73. The van der Waals surface area contributed by atoms with E-state index in [0.717, 1.165) is 17.0 Å². The molecule has 2 aromatic rings. The summed E-state index contributed by atoms with van der Waals surface area (Å²) in [5.74, 6) is 0.156. The van der Waals surface area contributed by atoms with E-state index in [2.05, 4.69) is 4.99 Å². The molecule has 0 spiro atoms. The van der Waals surface area contributed by atoms with Crippen molar-refractivity contribution in [1.82, 2.24) is 4.90 Å². The smallest absolute Gasteiger partial charge is 0.231 e. The summed E-state index contributed by atoms with van der Waals surface area (Å²) in [6.45, 7) is 0.481. The minimum atomic E-state index is -0.586. The zero-order valence-electron chi connectivity index (χ0n) is 15.0. The third kappa shape index (κ3) is 4.89. The van der Waals surface area contributed by atoms with Crippen LogP contribution in [-0.4, -0.2) is 40.8 Å². The van der Waals surface area contributed by atoms with Crippen LogP contribution in [0, 0.1) is 0 Å². The van der Waals surface area contributed by atoms with Crippen LogP contribution in [0.3, 0.4) is 0 Å². The Kier molecular flexibility index (Phi) is 6.13. The summed E-state index contributed by atoms with van der Waals surface area (Å²) in [5.41, 5.74) is 7.24. The lowest BCUT2D eigenvalue weighted by Gasteiger charge is -2.31. The first-order valence-electron chi connectivity index (χ1n) is 8.60. The molecule has 1 heterocycles. The Balaban J connectivity index is 1.79. The summed E-state index contributed by atoms with van der Waals surface area (Å²) in [6.07, 6.45) is 0.766. The fourth-order valence-electron chi connectivity index (χ4n) is 2.72. The van der Waals surface area contributed by atoms with Crippen molar-refractivity contribution in [1.29, 1.82) is 0 Å². The SMILES string of the molecule is COc1ccc(CCN2C(=O)C[C@@H](C(N)=O)SC2=Nc2ccccc2)cc1. The largest absolute Gasteiger partial charge is 0.497 e. The summed E-state index contributed by atoms with van der Waals surface area (Å²) < 4.78 is 5.17. The number of carbonyl (C=O) groups excluding carboxylic acids is 2. The van der Waals surface area contributed by atoms with Crippen LogP contribution in [0.25, 0.3) is 0 Å². The van der Waals surface area contributed by atoms with Gasteiger partial charge in [0.25, 0.3) is 0 Å². The number of para-hydroxylation sites is 1. The van der Waals surface area contributed by atoms with Crippen molar-refractivity contribution in [2.45, 2.75) is 18.1 Å². The number of carbonyl (C=O) groups is 2. The predicted octanol–water partition coefficient (Wildman–Crippen LogP) is 2.74. The normalized spacial score (nSPS) is 18.6. The second-order valence-electron chi connectivity index (χ2n) is 6.09. The third-order valence-electron chi connectivity index (χ3n) is 4.22. The second-order valence-corrected chi connectivity index (χ2v) is 7.26. The van der Waals surface area contributed by atoms with Crippen molar-refractivity contribution in [3.63, 3.8) is 0 Å². The molecule has 0 bridgehead atoms. The van der Waals surface area contributed by atoms with Gasteiger partial charge in [0.1, 0.15) is 5.75 Å². The predicted molar refractivity (Wildman–Crippen MR) is 107 cm³/mol. The van der Waals surface area contributed by atoms with Crippen molar-refractivity contribution >= 4 is 34.4 Å². The number of methoxy groups -OCH3 is 1. The fraction of sp³-hybridized carbons (Fsp3) is 0.250. The van der Waals surface area contributed by atoms with E-state index in [1.165, 1.54) is 11.8 Å². The molecule has 1 aliphatic heterocycles. The van der Waals surface area contributed by atoms with Crippen LogP contribution in [0.1, 0.15) is 12.0 Å².